The number of nitrogens with zero attached hydrogens (tertiary/aromatic N) is 2. The molecule has 1 aliphatic heterocycles. The lowest BCUT2D eigenvalue weighted by Gasteiger charge is -2.19. The SMILES string of the molecule is Cn1cc(-c2cc(N3C(=O)C=CC3=O)ccc2Oc2ccc(F)cc2F)c2ccccc2c1=O. The van der Waals surface area contributed by atoms with Crippen molar-refractivity contribution in [1.29, 1.82) is 0 Å². The third-order valence-corrected chi connectivity index (χ3v) is 5.53. The Morgan fingerprint density at radius 1 is 0.765 bits per heavy atom. The standard InChI is InChI=1S/C26H16F2N2O4/c1-29-14-20(17-4-2-3-5-18(17)26(29)33)19-13-16(30-24(31)10-11-25(30)32)7-9-22(19)34-23-8-6-15(27)12-21(23)28/h2-14H,1H3. The molecule has 4 aromatic rings. The number of pyridine rings is 1. The lowest BCUT2D eigenvalue weighted by atomic mass is 9.99. The molecule has 1 aliphatic rings. The van der Waals surface area contributed by atoms with E-state index in [9.17, 15) is 23.2 Å². The Bertz CT molecular complexity index is 1570. The van der Waals surface area contributed by atoms with Gasteiger partial charge >= 0.3 is 0 Å². The molecule has 2 amide bonds. The summed E-state index contributed by atoms with van der Waals surface area (Å²) in [6, 6.07) is 14.4. The van der Waals surface area contributed by atoms with Gasteiger partial charge in [-0.1, -0.05) is 18.2 Å². The summed E-state index contributed by atoms with van der Waals surface area (Å²) < 4.78 is 34.9. The predicted molar refractivity (Wildman–Crippen MR) is 123 cm³/mol. The van der Waals surface area contributed by atoms with Crippen molar-refractivity contribution >= 4 is 28.3 Å². The summed E-state index contributed by atoms with van der Waals surface area (Å²) >= 11 is 0. The monoisotopic (exact) mass is 458 g/mol. The van der Waals surface area contributed by atoms with Gasteiger partial charge in [0.15, 0.2) is 11.6 Å². The number of carbonyl (C=O) groups excluding carboxylic acids is 2. The van der Waals surface area contributed by atoms with Gasteiger partial charge in [-0.05, 0) is 41.8 Å². The van der Waals surface area contributed by atoms with Crippen molar-refractivity contribution in [2.75, 3.05) is 4.90 Å². The quantitative estimate of drug-likeness (QED) is 0.416. The number of benzene rings is 3. The Kier molecular flexibility index (Phi) is 5.05. The van der Waals surface area contributed by atoms with E-state index in [0.717, 1.165) is 11.0 Å². The minimum atomic E-state index is -0.894. The number of halogens is 2. The highest BCUT2D eigenvalue weighted by Gasteiger charge is 2.27. The summed E-state index contributed by atoms with van der Waals surface area (Å²) in [6.45, 7) is 0. The first-order valence-electron chi connectivity index (χ1n) is 10.3. The second kappa shape index (κ2) is 8.08. The number of carbonyl (C=O) groups is 2. The Balaban J connectivity index is 1.75. The second-order valence-electron chi connectivity index (χ2n) is 7.71. The minimum absolute atomic E-state index is 0.185. The summed E-state index contributed by atoms with van der Waals surface area (Å²) in [5.74, 6) is -2.67. The smallest absolute Gasteiger partial charge is 0.258 e. The lowest BCUT2D eigenvalue weighted by Crippen LogP contribution is -2.29. The van der Waals surface area contributed by atoms with Gasteiger partial charge in [-0.25, -0.2) is 13.7 Å². The van der Waals surface area contributed by atoms with E-state index >= 15 is 0 Å². The van der Waals surface area contributed by atoms with Crippen LogP contribution in [0.4, 0.5) is 14.5 Å². The van der Waals surface area contributed by atoms with Crippen LogP contribution in [0.15, 0.2) is 83.8 Å². The average Bonchev–Trinajstić information content (AvgIpc) is 3.16. The van der Waals surface area contributed by atoms with E-state index in [1.807, 2.05) is 0 Å². The number of anilines is 1. The predicted octanol–water partition coefficient (Wildman–Crippen LogP) is 4.71. The molecule has 0 unspecified atom stereocenters. The van der Waals surface area contributed by atoms with E-state index in [1.54, 1.807) is 43.6 Å². The number of imide groups is 1. The molecule has 0 N–H and O–H groups in total. The molecule has 0 fully saturated rings. The van der Waals surface area contributed by atoms with Crippen molar-refractivity contribution < 1.29 is 23.1 Å². The Hall–Kier alpha value is -4.59. The van der Waals surface area contributed by atoms with Crippen molar-refractivity contribution in [3.63, 3.8) is 0 Å². The molecule has 0 radical (unpaired) electrons. The number of aromatic nitrogens is 1. The molecule has 0 saturated carbocycles. The van der Waals surface area contributed by atoms with Gasteiger partial charge in [0.1, 0.15) is 11.6 Å². The zero-order chi connectivity index (χ0) is 24.0. The van der Waals surface area contributed by atoms with Crippen LogP contribution in [-0.2, 0) is 16.6 Å². The number of hydrogen-bond acceptors (Lipinski definition) is 4. The van der Waals surface area contributed by atoms with Crippen molar-refractivity contribution in [3.05, 3.63) is 101 Å². The van der Waals surface area contributed by atoms with E-state index in [4.69, 9.17) is 4.74 Å². The fraction of sp³-hybridized carbons (Fsp3) is 0.0385. The zero-order valence-corrected chi connectivity index (χ0v) is 17.8. The molecule has 8 heteroatoms. The molecule has 2 heterocycles. The summed E-state index contributed by atoms with van der Waals surface area (Å²) in [5, 5.41) is 1.05. The highest BCUT2D eigenvalue weighted by molar-refractivity contribution is 6.28. The summed E-state index contributed by atoms with van der Waals surface area (Å²) in [5.41, 5.74) is 1.03. The van der Waals surface area contributed by atoms with Gasteiger partial charge in [-0.3, -0.25) is 14.4 Å². The van der Waals surface area contributed by atoms with E-state index < -0.39 is 23.4 Å². The lowest BCUT2D eigenvalue weighted by molar-refractivity contribution is -0.119. The zero-order valence-electron chi connectivity index (χ0n) is 17.8. The maximum Gasteiger partial charge on any atom is 0.258 e. The van der Waals surface area contributed by atoms with Crippen LogP contribution in [-0.4, -0.2) is 16.4 Å². The van der Waals surface area contributed by atoms with Gasteiger partial charge in [0.25, 0.3) is 17.4 Å². The fourth-order valence-electron chi connectivity index (χ4n) is 3.92. The fourth-order valence-corrected chi connectivity index (χ4v) is 3.92. The van der Waals surface area contributed by atoms with Crippen LogP contribution in [0.2, 0.25) is 0 Å². The highest BCUT2D eigenvalue weighted by Crippen LogP contribution is 2.40. The molecule has 0 spiro atoms. The molecule has 168 valence electrons. The largest absolute Gasteiger partial charge is 0.454 e. The molecule has 0 saturated heterocycles. The number of rotatable bonds is 4. The minimum Gasteiger partial charge on any atom is -0.454 e. The van der Waals surface area contributed by atoms with E-state index in [2.05, 4.69) is 0 Å². The first kappa shape index (κ1) is 21.3. The topological polar surface area (TPSA) is 68.6 Å². The Labute approximate surface area is 191 Å². The molecular weight excluding hydrogens is 442 g/mol. The maximum absolute atomic E-state index is 14.4. The van der Waals surface area contributed by atoms with Gasteiger partial charge in [-0.2, -0.15) is 0 Å². The van der Waals surface area contributed by atoms with Crippen molar-refractivity contribution in [1.82, 2.24) is 4.57 Å². The third-order valence-electron chi connectivity index (χ3n) is 5.53. The van der Waals surface area contributed by atoms with Crippen LogP contribution in [0.1, 0.15) is 0 Å². The molecule has 0 aliphatic carbocycles. The van der Waals surface area contributed by atoms with Crippen molar-refractivity contribution in [3.8, 4) is 22.6 Å². The number of aryl methyl sites for hydroxylation is 1. The van der Waals surface area contributed by atoms with Gasteiger partial charge < -0.3 is 9.30 Å². The molecule has 1 aromatic heterocycles. The van der Waals surface area contributed by atoms with Gasteiger partial charge in [-0.15, -0.1) is 0 Å². The Morgan fingerprint density at radius 2 is 1.44 bits per heavy atom. The van der Waals surface area contributed by atoms with Gasteiger partial charge in [0.2, 0.25) is 0 Å². The van der Waals surface area contributed by atoms with Crippen LogP contribution in [0.5, 0.6) is 11.5 Å². The van der Waals surface area contributed by atoms with Crippen molar-refractivity contribution in [2.24, 2.45) is 7.05 Å². The first-order chi connectivity index (χ1) is 16.3. The normalized spacial score (nSPS) is 13.2. The number of amides is 2. The Morgan fingerprint density at radius 3 is 2.15 bits per heavy atom. The number of ether oxygens (including phenoxy) is 1. The first-order valence-corrected chi connectivity index (χ1v) is 10.3. The summed E-state index contributed by atoms with van der Waals surface area (Å²) in [4.78, 5) is 38.2. The van der Waals surface area contributed by atoms with Crippen LogP contribution >= 0.6 is 0 Å². The molecular formula is C26H16F2N2O4. The number of fused-ring (bicyclic) bond motifs is 1. The van der Waals surface area contributed by atoms with E-state index in [-0.39, 0.29) is 22.7 Å². The second-order valence-corrected chi connectivity index (χ2v) is 7.71. The van der Waals surface area contributed by atoms with E-state index in [0.29, 0.717) is 28.0 Å². The van der Waals surface area contributed by atoms with Crippen LogP contribution in [0.25, 0.3) is 21.9 Å². The third kappa shape index (κ3) is 3.55. The van der Waals surface area contributed by atoms with Crippen LogP contribution in [0.3, 0.4) is 0 Å². The van der Waals surface area contributed by atoms with E-state index in [1.165, 1.54) is 34.9 Å². The molecule has 3 aromatic carbocycles. The summed E-state index contributed by atoms with van der Waals surface area (Å²) in [6.07, 6.45) is 3.94. The van der Waals surface area contributed by atoms with Gasteiger partial charge in [0, 0.05) is 48.0 Å². The summed E-state index contributed by atoms with van der Waals surface area (Å²) in [7, 11) is 1.60. The molecule has 34 heavy (non-hydrogen) atoms. The molecule has 6 nitrogen and oxygen atoms in total. The van der Waals surface area contributed by atoms with Crippen LogP contribution in [0, 0.1) is 11.6 Å². The molecule has 5 rings (SSSR count). The molecule has 0 bridgehead atoms. The van der Waals surface area contributed by atoms with Crippen LogP contribution < -0.4 is 15.2 Å². The van der Waals surface area contributed by atoms with Crippen molar-refractivity contribution in [2.45, 2.75) is 0 Å². The number of hydrogen-bond donors (Lipinski definition) is 0. The molecule has 0 atom stereocenters. The average molecular weight is 458 g/mol. The van der Waals surface area contributed by atoms with Gasteiger partial charge in [0.05, 0.1) is 5.69 Å². The maximum atomic E-state index is 14.4. The highest BCUT2D eigenvalue weighted by atomic mass is 19.1.